The number of hydrogen-bond donors (Lipinski definition) is 0. The number of rotatable bonds is 4. The van der Waals surface area contributed by atoms with E-state index >= 15 is 0 Å². The van der Waals surface area contributed by atoms with E-state index in [9.17, 15) is 4.79 Å². The van der Waals surface area contributed by atoms with Crippen molar-refractivity contribution in [3.63, 3.8) is 0 Å². The highest BCUT2D eigenvalue weighted by molar-refractivity contribution is 9.10. The van der Waals surface area contributed by atoms with Gasteiger partial charge in [0.05, 0.1) is 23.7 Å². The number of nitrogens with zero attached hydrogens (tertiary/aromatic N) is 2. The van der Waals surface area contributed by atoms with Gasteiger partial charge in [0, 0.05) is 4.47 Å². The fourth-order valence-corrected chi connectivity index (χ4v) is 3.20. The van der Waals surface area contributed by atoms with Crippen LogP contribution in [-0.4, -0.2) is 15.3 Å². The van der Waals surface area contributed by atoms with Crippen LogP contribution in [-0.2, 0) is 6.54 Å². The molecule has 0 N–H and O–H groups in total. The number of benzene rings is 1. The predicted octanol–water partition coefficient (Wildman–Crippen LogP) is 3.91. The van der Waals surface area contributed by atoms with Crippen LogP contribution in [0, 0.1) is 0 Å². The molecule has 0 amide bonds. The van der Waals surface area contributed by atoms with Gasteiger partial charge in [0.25, 0.3) is 5.56 Å². The molecule has 0 saturated carbocycles. The lowest BCUT2D eigenvalue weighted by molar-refractivity contribution is 0.476. The molecule has 0 fully saturated rings. The Morgan fingerprint density at radius 1 is 1.38 bits per heavy atom. The van der Waals surface area contributed by atoms with Crippen LogP contribution in [0.3, 0.4) is 0 Å². The molecule has 2 aromatic heterocycles. The molecule has 4 nitrogen and oxygen atoms in total. The van der Waals surface area contributed by atoms with Crippen LogP contribution in [0.5, 0.6) is 0 Å². The van der Waals surface area contributed by atoms with Crippen molar-refractivity contribution in [2.75, 3.05) is 5.75 Å². The highest BCUT2D eigenvalue weighted by Gasteiger charge is 2.12. The van der Waals surface area contributed by atoms with Crippen LogP contribution in [0.15, 0.2) is 55.4 Å². The summed E-state index contributed by atoms with van der Waals surface area (Å²) in [6.07, 6.45) is 1.61. The van der Waals surface area contributed by atoms with Crippen molar-refractivity contribution >= 4 is 38.6 Å². The summed E-state index contributed by atoms with van der Waals surface area (Å²) < 4.78 is 7.89. The van der Waals surface area contributed by atoms with Crippen LogP contribution in [0.4, 0.5) is 0 Å². The van der Waals surface area contributed by atoms with Crippen molar-refractivity contribution in [2.24, 2.45) is 0 Å². The average Bonchev–Trinajstić information content (AvgIpc) is 2.97. The quantitative estimate of drug-likeness (QED) is 0.520. The largest absolute Gasteiger partial charge is 0.467 e. The van der Waals surface area contributed by atoms with Gasteiger partial charge in [-0.2, -0.15) is 0 Å². The maximum atomic E-state index is 12.7. The first-order valence-electron chi connectivity index (χ1n) is 6.54. The molecular formula is C15H13BrN2O2S. The summed E-state index contributed by atoms with van der Waals surface area (Å²) in [6, 6.07) is 9.24. The number of fused-ring (bicyclic) bond motifs is 1. The molecule has 108 valence electrons. The topological polar surface area (TPSA) is 48.0 Å². The van der Waals surface area contributed by atoms with Crippen LogP contribution < -0.4 is 5.56 Å². The van der Waals surface area contributed by atoms with E-state index in [1.165, 1.54) is 0 Å². The standard InChI is InChI=1S/C15H13BrN2O2S/c1-2-21-15-17-13-6-5-10(16)8-12(13)14(19)18(15)9-11-4-3-7-20-11/h3-8H,2,9H2,1H3. The normalized spacial score (nSPS) is 11.1. The van der Waals surface area contributed by atoms with Gasteiger partial charge in [0.2, 0.25) is 0 Å². The molecule has 2 heterocycles. The average molecular weight is 365 g/mol. The minimum atomic E-state index is -0.0475. The lowest BCUT2D eigenvalue weighted by Gasteiger charge is -2.11. The van der Waals surface area contributed by atoms with E-state index in [1.807, 2.05) is 37.3 Å². The zero-order valence-electron chi connectivity index (χ0n) is 11.4. The summed E-state index contributed by atoms with van der Waals surface area (Å²) in [6.45, 7) is 2.43. The smallest absolute Gasteiger partial charge is 0.262 e. The van der Waals surface area contributed by atoms with E-state index in [0.29, 0.717) is 17.1 Å². The highest BCUT2D eigenvalue weighted by Crippen LogP contribution is 2.21. The first kappa shape index (κ1) is 14.4. The van der Waals surface area contributed by atoms with Crippen molar-refractivity contribution < 1.29 is 4.42 Å². The number of aromatic nitrogens is 2. The molecule has 3 aromatic rings. The molecule has 0 spiro atoms. The van der Waals surface area contributed by atoms with Crippen molar-refractivity contribution in [1.29, 1.82) is 0 Å². The Hall–Kier alpha value is -1.53. The van der Waals surface area contributed by atoms with Gasteiger partial charge in [-0.3, -0.25) is 9.36 Å². The summed E-state index contributed by atoms with van der Waals surface area (Å²) in [5, 5.41) is 1.32. The second-order valence-corrected chi connectivity index (χ2v) is 6.61. The Balaban J connectivity index is 2.21. The van der Waals surface area contributed by atoms with Crippen molar-refractivity contribution in [1.82, 2.24) is 9.55 Å². The van der Waals surface area contributed by atoms with Gasteiger partial charge in [0.15, 0.2) is 5.16 Å². The molecule has 0 aliphatic carbocycles. The fraction of sp³-hybridized carbons (Fsp3) is 0.200. The van der Waals surface area contributed by atoms with E-state index in [1.54, 1.807) is 22.6 Å². The third kappa shape index (κ3) is 2.91. The molecule has 0 aliphatic rings. The summed E-state index contributed by atoms with van der Waals surface area (Å²) in [4.78, 5) is 17.4. The summed E-state index contributed by atoms with van der Waals surface area (Å²) in [5.41, 5.74) is 0.670. The fourth-order valence-electron chi connectivity index (χ4n) is 2.11. The minimum Gasteiger partial charge on any atom is -0.467 e. The Bertz CT molecular complexity index is 828. The molecule has 0 atom stereocenters. The van der Waals surface area contributed by atoms with Gasteiger partial charge >= 0.3 is 0 Å². The molecule has 0 aliphatic heterocycles. The van der Waals surface area contributed by atoms with Crippen LogP contribution in [0.1, 0.15) is 12.7 Å². The highest BCUT2D eigenvalue weighted by atomic mass is 79.9. The van der Waals surface area contributed by atoms with Crippen LogP contribution >= 0.6 is 27.7 Å². The van der Waals surface area contributed by atoms with Gasteiger partial charge < -0.3 is 4.42 Å². The summed E-state index contributed by atoms with van der Waals surface area (Å²) >= 11 is 4.96. The van der Waals surface area contributed by atoms with Crippen molar-refractivity contribution in [3.8, 4) is 0 Å². The second kappa shape index (κ2) is 6.07. The molecule has 0 bridgehead atoms. The SMILES string of the molecule is CCSc1nc2ccc(Br)cc2c(=O)n1Cc1ccco1. The van der Waals surface area contributed by atoms with E-state index < -0.39 is 0 Å². The van der Waals surface area contributed by atoms with Gasteiger partial charge in [0.1, 0.15) is 5.76 Å². The zero-order valence-corrected chi connectivity index (χ0v) is 13.8. The number of furan rings is 1. The molecule has 0 saturated heterocycles. The third-order valence-electron chi connectivity index (χ3n) is 3.05. The lowest BCUT2D eigenvalue weighted by atomic mass is 10.2. The molecular weight excluding hydrogens is 352 g/mol. The van der Waals surface area contributed by atoms with Gasteiger partial charge in [-0.05, 0) is 36.1 Å². The summed E-state index contributed by atoms with van der Waals surface area (Å²) in [7, 11) is 0. The second-order valence-electron chi connectivity index (χ2n) is 4.46. The van der Waals surface area contributed by atoms with Crippen LogP contribution in [0.25, 0.3) is 10.9 Å². The van der Waals surface area contributed by atoms with E-state index in [2.05, 4.69) is 20.9 Å². The first-order chi connectivity index (χ1) is 10.2. The number of hydrogen-bond acceptors (Lipinski definition) is 4. The maximum Gasteiger partial charge on any atom is 0.262 e. The third-order valence-corrected chi connectivity index (χ3v) is 4.40. The van der Waals surface area contributed by atoms with Crippen LogP contribution in [0.2, 0.25) is 0 Å². The van der Waals surface area contributed by atoms with E-state index in [0.717, 1.165) is 21.5 Å². The monoisotopic (exact) mass is 364 g/mol. The molecule has 1 aromatic carbocycles. The van der Waals surface area contributed by atoms with Gasteiger partial charge in [-0.25, -0.2) is 4.98 Å². The molecule has 0 unspecified atom stereocenters. The maximum absolute atomic E-state index is 12.7. The van der Waals surface area contributed by atoms with E-state index in [-0.39, 0.29) is 5.56 Å². The number of halogens is 1. The van der Waals surface area contributed by atoms with Crippen molar-refractivity contribution in [2.45, 2.75) is 18.6 Å². The Labute approximate surface area is 134 Å². The molecule has 21 heavy (non-hydrogen) atoms. The van der Waals surface area contributed by atoms with Gasteiger partial charge in [-0.15, -0.1) is 0 Å². The van der Waals surface area contributed by atoms with Crippen molar-refractivity contribution in [3.05, 3.63) is 57.2 Å². The van der Waals surface area contributed by atoms with Gasteiger partial charge in [-0.1, -0.05) is 34.6 Å². The molecule has 3 rings (SSSR count). The molecule has 0 radical (unpaired) electrons. The lowest BCUT2D eigenvalue weighted by Crippen LogP contribution is -2.23. The zero-order chi connectivity index (χ0) is 14.8. The predicted molar refractivity (Wildman–Crippen MR) is 87.9 cm³/mol. The number of thioether (sulfide) groups is 1. The Morgan fingerprint density at radius 3 is 2.95 bits per heavy atom. The minimum absolute atomic E-state index is 0.0475. The Morgan fingerprint density at radius 2 is 2.24 bits per heavy atom. The summed E-state index contributed by atoms with van der Waals surface area (Å²) in [5.74, 6) is 1.60. The Kier molecular flexibility index (Phi) is 4.17. The van der Waals surface area contributed by atoms with E-state index in [4.69, 9.17) is 4.42 Å². The first-order valence-corrected chi connectivity index (χ1v) is 8.32. The molecule has 6 heteroatoms.